The first-order valence-electron chi connectivity index (χ1n) is 6.84. The van der Waals surface area contributed by atoms with Crippen molar-refractivity contribution in [2.75, 3.05) is 11.9 Å². The molecular weight excluding hydrogens is 266 g/mol. The number of hydrogen-bond donors (Lipinski definition) is 2. The van der Waals surface area contributed by atoms with Crippen LogP contribution < -0.4 is 10.6 Å². The van der Waals surface area contributed by atoms with Gasteiger partial charge in [-0.05, 0) is 51.5 Å². The van der Waals surface area contributed by atoms with Gasteiger partial charge in [0.15, 0.2) is 5.11 Å². The van der Waals surface area contributed by atoms with E-state index in [-0.39, 0.29) is 0 Å². The highest BCUT2D eigenvalue weighted by Gasteiger charge is 1.95. The fourth-order valence-electron chi connectivity index (χ4n) is 1.22. The summed E-state index contributed by atoms with van der Waals surface area (Å²) in [5.74, 6) is 0. The molecule has 1 rings (SSSR count). The molecule has 0 aliphatic heterocycles. The zero-order valence-corrected chi connectivity index (χ0v) is 13.6. The summed E-state index contributed by atoms with van der Waals surface area (Å²) in [5.41, 5.74) is 2.28. The number of allylic oxidation sites excluding steroid dienone is 1. The lowest BCUT2D eigenvalue weighted by molar-refractivity contribution is 0.846. The molecule has 0 fully saturated rings. The summed E-state index contributed by atoms with van der Waals surface area (Å²) in [6.45, 7) is 8.92. The summed E-state index contributed by atoms with van der Waals surface area (Å²) >= 11 is 5.11. The van der Waals surface area contributed by atoms with Crippen LogP contribution in [0.2, 0.25) is 0 Å². The first-order valence-corrected chi connectivity index (χ1v) is 7.25. The van der Waals surface area contributed by atoms with E-state index in [1.165, 1.54) is 5.56 Å². The van der Waals surface area contributed by atoms with E-state index in [0.717, 1.165) is 18.7 Å². The smallest absolute Gasteiger partial charge is 0.170 e. The van der Waals surface area contributed by atoms with Crippen LogP contribution in [0.25, 0.3) is 0 Å². The quantitative estimate of drug-likeness (QED) is 0.641. The molecule has 2 N–H and O–H groups in total. The molecule has 0 aliphatic carbocycles. The van der Waals surface area contributed by atoms with Crippen LogP contribution in [-0.2, 0) is 0 Å². The maximum Gasteiger partial charge on any atom is 0.170 e. The standard InChI is InChI=1S/C11H16N2S.C5H9N/c1-3-8-12-11(14)13-10-6-4-9(2)5-7-10;1-3-5-6-4-2/h4-7H,3,8H2,1-2H3,(H2,12,13,14);3-5H,1-2H3/b;5-3-,6-4?. The molecule has 3 nitrogen and oxygen atoms in total. The van der Waals surface area contributed by atoms with Crippen LogP contribution in [0, 0.1) is 6.92 Å². The van der Waals surface area contributed by atoms with Gasteiger partial charge in [0.2, 0.25) is 0 Å². The van der Waals surface area contributed by atoms with E-state index in [2.05, 4.69) is 41.6 Å². The minimum atomic E-state index is 0.690. The van der Waals surface area contributed by atoms with Gasteiger partial charge in [-0.1, -0.05) is 30.7 Å². The number of aryl methyl sites for hydroxylation is 1. The molecule has 0 bridgehead atoms. The molecule has 1 aromatic carbocycles. The Morgan fingerprint density at radius 3 is 2.35 bits per heavy atom. The van der Waals surface area contributed by atoms with Crippen LogP contribution in [-0.4, -0.2) is 17.9 Å². The number of anilines is 1. The Morgan fingerprint density at radius 1 is 1.25 bits per heavy atom. The average Bonchev–Trinajstić information content (AvgIpc) is 2.46. The maximum atomic E-state index is 5.11. The molecule has 0 saturated carbocycles. The molecule has 20 heavy (non-hydrogen) atoms. The first kappa shape index (κ1) is 18.3. The van der Waals surface area contributed by atoms with E-state index >= 15 is 0 Å². The molecule has 0 spiro atoms. The molecule has 4 heteroatoms. The number of benzene rings is 1. The van der Waals surface area contributed by atoms with E-state index in [4.69, 9.17) is 12.2 Å². The fraction of sp³-hybridized carbons (Fsp3) is 0.375. The summed E-state index contributed by atoms with van der Waals surface area (Å²) in [6.07, 6.45) is 6.47. The van der Waals surface area contributed by atoms with Gasteiger partial charge in [0.1, 0.15) is 0 Å². The summed E-state index contributed by atoms with van der Waals surface area (Å²) < 4.78 is 0. The Balaban J connectivity index is 0.000000511. The van der Waals surface area contributed by atoms with E-state index in [9.17, 15) is 0 Å². The normalized spacial score (nSPS) is 10.2. The Kier molecular flexibility index (Phi) is 11.3. The van der Waals surface area contributed by atoms with Gasteiger partial charge in [0.05, 0.1) is 0 Å². The SMILES string of the molecule is CC=N/C=C\C.CCCNC(=S)Nc1ccc(C)cc1. The molecular formula is C16H25N3S. The highest BCUT2D eigenvalue weighted by atomic mass is 32.1. The molecule has 0 aliphatic rings. The van der Waals surface area contributed by atoms with Crippen molar-refractivity contribution >= 4 is 29.2 Å². The van der Waals surface area contributed by atoms with Crippen LogP contribution in [0.3, 0.4) is 0 Å². The number of hydrogen-bond acceptors (Lipinski definition) is 2. The van der Waals surface area contributed by atoms with Crippen molar-refractivity contribution in [2.24, 2.45) is 4.99 Å². The van der Waals surface area contributed by atoms with Crippen molar-refractivity contribution in [2.45, 2.75) is 34.1 Å². The summed E-state index contributed by atoms with van der Waals surface area (Å²) in [6, 6.07) is 8.17. The molecule has 0 radical (unpaired) electrons. The molecule has 0 heterocycles. The minimum Gasteiger partial charge on any atom is -0.362 e. The maximum absolute atomic E-state index is 5.11. The predicted octanol–water partition coefficient (Wildman–Crippen LogP) is 4.30. The van der Waals surface area contributed by atoms with Crippen molar-refractivity contribution in [3.05, 3.63) is 42.1 Å². The van der Waals surface area contributed by atoms with Crippen LogP contribution in [0.1, 0.15) is 32.8 Å². The predicted molar refractivity (Wildman–Crippen MR) is 94.7 cm³/mol. The lowest BCUT2D eigenvalue weighted by atomic mass is 10.2. The average molecular weight is 291 g/mol. The molecule has 0 saturated heterocycles. The highest BCUT2D eigenvalue weighted by Crippen LogP contribution is 2.07. The van der Waals surface area contributed by atoms with E-state index in [1.807, 2.05) is 32.1 Å². The number of nitrogens with zero attached hydrogens (tertiary/aromatic N) is 1. The molecule has 0 aromatic heterocycles. The number of aliphatic imine (C=N–C) groups is 1. The Labute approximate surface area is 128 Å². The third-order valence-electron chi connectivity index (χ3n) is 2.23. The molecule has 110 valence electrons. The number of nitrogens with one attached hydrogen (secondary N) is 2. The summed E-state index contributed by atoms with van der Waals surface area (Å²) in [4.78, 5) is 3.78. The summed E-state index contributed by atoms with van der Waals surface area (Å²) in [7, 11) is 0. The topological polar surface area (TPSA) is 36.4 Å². The van der Waals surface area contributed by atoms with Crippen molar-refractivity contribution in [1.82, 2.24) is 5.32 Å². The van der Waals surface area contributed by atoms with E-state index in [1.54, 1.807) is 12.4 Å². The van der Waals surface area contributed by atoms with Crippen LogP contribution >= 0.6 is 12.2 Å². The second-order valence-corrected chi connectivity index (χ2v) is 4.54. The van der Waals surface area contributed by atoms with Gasteiger partial charge in [0, 0.05) is 24.6 Å². The Hall–Kier alpha value is -1.68. The molecule has 1 aromatic rings. The zero-order chi connectivity index (χ0) is 15.2. The van der Waals surface area contributed by atoms with Gasteiger partial charge in [0.25, 0.3) is 0 Å². The van der Waals surface area contributed by atoms with E-state index in [0.29, 0.717) is 5.11 Å². The largest absolute Gasteiger partial charge is 0.362 e. The van der Waals surface area contributed by atoms with Gasteiger partial charge in [-0.25, -0.2) is 0 Å². The monoisotopic (exact) mass is 291 g/mol. The van der Waals surface area contributed by atoms with Gasteiger partial charge < -0.3 is 10.6 Å². The fourth-order valence-corrected chi connectivity index (χ4v) is 1.44. The highest BCUT2D eigenvalue weighted by molar-refractivity contribution is 7.80. The Morgan fingerprint density at radius 2 is 1.90 bits per heavy atom. The first-order chi connectivity index (χ1) is 9.63. The van der Waals surface area contributed by atoms with Crippen LogP contribution in [0.4, 0.5) is 5.69 Å². The van der Waals surface area contributed by atoms with Crippen LogP contribution in [0.15, 0.2) is 41.5 Å². The lowest BCUT2D eigenvalue weighted by Gasteiger charge is -2.09. The second-order valence-electron chi connectivity index (χ2n) is 4.14. The second kappa shape index (κ2) is 12.4. The molecule has 0 unspecified atom stereocenters. The van der Waals surface area contributed by atoms with Crippen molar-refractivity contribution < 1.29 is 0 Å². The molecule has 0 amide bonds. The Bertz CT molecular complexity index is 412. The third-order valence-corrected chi connectivity index (χ3v) is 2.48. The lowest BCUT2D eigenvalue weighted by Crippen LogP contribution is -2.28. The van der Waals surface area contributed by atoms with Crippen LogP contribution in [0.5, 0.6) is 0 Å². The number of thiocarbonyl (C=S) groups is 1. The van der Waals surface area contributed by atoms with Crippen molar-refractivity contribution in [1.29, 1.82) is 0 Å². The van der Waals surface area contributed by atoms with Gasteiger partial charge >= 0.3 is 0 Å². The van der Waals surface area contributed by atoms with Gasteiger partial charge in [-0.2, -0.15) is 0 Å². The van der Waals surface area contributed by atoms with Crippen molar-refractivity contribution in [3.63, 3.8) is 0 Å². The zero-order valence-electron chi connectivity index (χ0n) is 12.8. The van der Waals surface area contributed by atoms with Gasteiger partial charge in [-0.3, -0.25) is 4.99 Å². The summed E-state index contributed by atoms with van der Waals surface area (Å²) in [5, 5.41) is 6.93. The molecule has 0 atom stereocenters. The van der Waals surface area contributed by atoms with E-state index < -0.39 is 0 Å². The minimum absolute atomic E-state index is 0.690. The van der Waals surface area contributed by atoms with Gasteiger partial charge in [-0.15, -0.1) is 0 Å². The van der Waals surface area contributed by atoms with Crippen molar-refractivity contribution in [3.8, 4) is 0 Å². The number of rotatable bonds is 4. The third kappa shape index (κ3) is 10.3.